The molecule has 0 aliphatic carbocycles. The Balaban J connectivity index is 2.39. The highest BCUT2D eigenvalue weighted by Gasteiger charge is 2.30. The highest BCUT2D eigenvalue weighted by molar-refractivity contribution is 14.1. The number of hydrogen-bond donors (Lipinski definition) is 0. The first-order valence-corrected chi connectivity index (χ1v) is 7.08. The van der Waals surface area contributed by atoms with Gasteiger partial charge in [-0.2, -0.15) is 0 Å². The zero-order valence-corrected chi connectivity index (χ0v) is 12.7. The number of anilines is 1. The van der Waals surface area contributed by atoms with E-state index in [0.717, 1.165) is 25.1 Å². The van der Waals surface area contributed by atoms with Crippen LogP contribution in [0.4, 0.5) is 5.69 Å². The SMILES string of the molecule is CC(C)(C)C(=O)N1CCCc2cc(I)ccc21. The topological polar surface area (TPSA) is 20.3 Å². The molecule has 0 bridgehead atoms. The van der Waals surface area contributed by atoms with Crippen molar-refractivity contribution in [2.75, 3.05) is 11.4 Å². The van der Waals surface area contributed by atoms with Crippen LogP contribution in [-0.2, 0) is 11.2 Å². The third kappa shape index (κ3) is 2.64. The molecule has 0 atom stereocenters. The van der Waals surface area contributed by atoms with Gasteiger partial charge in [0.05, 0.1) is 0 Å². The smallest absolute Gasteiger partial charge is 0.232 e. The molecule has 1 aromatic rings. The summed E-state index contributed by atoms with van der Waals surface area (Å²) in [6.45, 7) is 6.80. The average molecular weight is 343 g/mol. The van der Waals surface area contributed by atoms with Gasteiger partial charge in [0.25, 0.3) is 0 Å². The maximum absolute atomic E-state index is 12.4. The zero-order valence-electron chi connectivity index (χ0n) is 10.6. The third-order valence-corrected chi connectivity index (χ3v) is 3.72. The van der Waals surface area contributed by atoms with Gasteiger partial charge in [0.1, 0.15) is 0 Å². The predicted molar refractivity (Wildman–Crippen MR) is 79.3 cm³/mol. The Kier molecular flexibility index (Phi) is 3.48. The number of benzene rings is 1. The van der Waals surface area contributed by atoms with Crippen LogP contribution < -0.4 is 4.90 Å². The van der Waals surface area contributed by atoms with Crippen molar-refractivity contribution in [3.8, 4) is 0 Å². The van der Waals surface area contributed by atoms with Crippen molar-refractivity contribution in [2.45, 2.75) is 33.6 Å². The van der Waals surface area contributed by atoms with Gasteiger partial charge in [-0.1, -0.05) is 20.8 Å². The first kappa shape index (κ1) is 12.9. The van der Waals surface area contributed by atoms with Crippen molar-refractivity contribution < 1.29 is 4.79 Å². The van der Waals surface area contributed by atoms with E-state index in [0.29, 0.717) is 0 Å². The van der Waals surface area contributed by atoms with E-state index in [1.165, 1.54) is 9.13 Å². The van der Waals surface area contributed by atoms with Crippen molar-refractivity contribution >= 4 is 34.2 Å². The summed E-state index contributed by atoms with van der Waals surface area (Å²) in [6.07, 6.45) is 2.15. The van der Waals surface area contributed by atoms with Gasteiger partial charge in [0.2, 0.25) is 5.91 Å². The monoisotopic (exact) mass is 343 g/mol. The molecule has 0 fully saturated rings. The number of nitrogens with zero attached hydrogens (tertiary/aromatic N) is 1. The zero-order chi connectivity index (χ0) is 12.6. The molecule has 0 radical (unpaired) electrons. The van der Waals surface area contributed by atoms with Gasteiger partial charge in [-0.3, -0.25) is 4.79 Å². The van der Waals surface area contributed by atoms with E-state index in [1.807, 2.05) is 25.7 Å². The number of halogens is 1. The maximum atomic E-state index is 12.4. The highest BCUT2D eigenvalue weighted by atomic mass is 127. The summed E-state index contributed by atoms with van der Waals surface area (Å²) >= 11 is 2.32. The minimum Gasteiger partial charge on any atom is -0.312 e. The normalized spacial score (nSPS) is 15.6. The summed E-state index contributed by atoms with van der Waals surface area (Å²) in [5.74, 6) is 0.222. The number of fused-ring (bicyclic) bond motifs is 1. The first-order valence-electron chi connectivity index (χ1n) is 6.00. The average Bonchev–Trinajstić information content (AvgIpc) is 2.25. The lowest BCUT2D eigenvalue weighted by Gasteiger charge is -2.34. The molecule has 0 saturated heterocycles. The molecule has 17 heavy (non-hydrogen) atoms. The minimum absolute atomic E-state index is 0.222. The molecular formula is C14H18INO. The van der Waals surface area contributed by atoms with Gasteiger partial charge in [0, 0.05) is 21.2 Å². The molecule has 0 aromatic heterocycles. The molecule has 1 aliphatic rings. The van der Waals surface area contributed by atoms with E-state index < -0.39 is 0 Å². The number of carbonyl (C=O) groups excluding carboxylic acids is 1. The predicted octanol–water partition coefficient (Wildman–Crippen LogP) is 3.62. The molecule has 1 heterocycles. The summed E-state index contributed by atoms with van der Waals surface area (Å²) in [5.41, 5.74) is 2.11. The van der Waals surface area contributed by atoms with Crippen LogP contribution in [0.5, 0.6) is 0 Å². The molecule has 0 saturated carbocycles. The molecule has 0 unspecified atom stereocenters. The third-order valence-electron chi connectivity index (χ3n) is 3.05. The second kappa shape index (κ2) is 4.59. The Hall–Kier alpha value is -0.580. The van der Waals surface area contributed by atoms with Crippen LogP contribution in [0.3, 0.4) is 0 Å². The summed E-state index contributed by atoms with van der Waals surface area (Å²) in [5, 5.41) is 0. The van der Waals surface area contributed by atoms with Crippen LogP contribution in [0.15, 0.2) is 18.2 Å². The van der Waals surface area contributed by atoms with Crippen LogP contribution in [0.1, 0.15) is 32.8 Å². The van der Waals surface area contributed by atoms with Crippen LogP contribution in [0, 0.1) is 8.99 Å². The molecule has 2 rings (SSSR count). The van der Waals surface area contributed by atoms with E-state index in [1.54, 1.807) is 0 Å². The summed E-state index contributed by atoms with van der Waals surface area (Å²) < 4.78 is 1.24. The van der Waals surface area contributed by atoms with Gasteiger partial charge in [-0.25, -0.2) is 0 Å². The number of carbonyl (C=O) groups is 1. The number of rotatable bonds is 0. The number of hydrogen-bond acceptors (Lipinski definition) is 1. The van der Waals surface area contributed by atoms with Crippen LogP contribution in [0.2, 0.25) is 0 Å². The fourth-order valence-electron chi connectivity index (χ4n) is 2.18. The summed E-state index contributed by atoms with van der Waals surface area (Å²) in [7, 11) is 0. The molecule has 1 aliphatic heterocycles. The molecule has 2 nitrogen and oxygen atoms in total. The van der Waals surface area contributed by atoms with Gasteiger partial charge in [-0.05, 0) is 59.2 Å². The van der Waals surface area contributed by atoms with Crippen LogP contribution >= 0.6 is 22.6 Å². The van der Waals surface area contributed by atoms with Gasteiger partial charge >= 0.3 is 0 Å². The Labute approximate surface area is 117 Å². The van der Waals surface area contributed by atoms with E-state index in [4.69, 9.17) is 0 Å². The largest absolute Gasteiger partial charge is 0.312 e. The molecule has 92 valence electrons. The molecule has 1 aromatic carbocycles. The minimum atomic E-state index is -0.308. The van der Waals surface area contributed by atoms with E-state index in [-0.39, 0.29) is 11.3 Å². The Bertz CT molecular complexity index is 448. The van der Waals surface area contributed by atoms with Crippen molar-refractivity contribution in [3.63, 3.8) is 0 Å². The fourth-order valence-corrected chi connectivity index (χ4v) is 2.74. The van der Waals surface area contributed by atoms with Gasteiger partial charge in [0.15, 0.2) is 0 Å². The lowest BCUT2D eigenvalue weighted by atomic mass is 9.92. The summed E-state index contributed by atoms with van der Waals surface area (Å²) in [6, 6.07) is 6.35. The van der Waals surface area contributed by atoms with E-state index in [9.17, 15) is 4.79 Å². The molecule has 0 N–H and O–H groups in total. The van der Waals surface area contributed by atoms with Gasteiger partial charge in [-0.15, -0.1) is 0 Å². The van der Waals surface area contributed by atoms with E-state index >= 15 is 0 Å². The summed E-state index contributed by atoms with van der Waals surface area (Å²) in [4.78, 5) is 14.3. The highest BCUT2D eigenvalue weighted by Crippen LogP contribution is 2.31. The van der Waals surface area contributed by atoms with Crippen molar-refractivity contribution in [1.29, 1.82) is 0 Å². The van der Waals surface area contributed by atoms with Gasteiger partial charge < -0.3 is 4.90 Å². The molecule has 0 spiro atoms. The molecular weight excluding hydrogens is 325 g/mol. The van der Waals surface area contributed by atoms with Crippen molar-refractivity contribution in [2.24, 2.45) is 5.41 Å². The van der Waals surface area contributed by atoms with Crippen LogP contribution in [0.25, 0.3) is 0 Å². The van der Waals surface area contributed by atoms with Crippen LogP contribution in [-0.4, -0.2) is 12.5 Å². The Morgan fingerprint density at radius 3 is 2.71 bits per heavy atom. The maximum Gasteiger partial charge on any atom is 0.232 e. The molecule has 3 heteroatoms. The second-order valence-electron chi connectivity index (χ2n) is 5.58. The standard InChI is InChI=1S/C14H18INO/c1-14(2,3)13(17)16-8-4-5-10-9-11(15)6-7-12(10)16/h6-7,9H,4-5,8H2,1-3H3. The van der Waals surface area contributed by atoms with Crippen molar-refractivity contribution in [3.05, 3.63) is 27.3 Å². The lowest BCUT2D eigenvalue weighted by molar-refractivity contribution is -0.125. The first-order chi connectivity index (χ1) is 7.89. The number of amides is 1. The fraction of sp³-hybridized carbons (Fsp3) is 0.500. The molecule has 1 amide bonds. The lowest BCUT2D eigenvalue weighted by Crippen LogP contribution is -2.42. The number of aryl methyl sites for hydroxylation is 1. The Morgan fingerprint density at radius 2 is 2.06 bits per heavy atom. The Morgan fingerprint density at radius 1 is 1.35 bits per heavy atom. The second-order valence-corrected chi connectivity index (χ2v) is 6.83. The van der Waals surface area contributed by atoms with Crippen molar-refractivity contribution in [1.82, 2.24) is 0 Å². The quantitative estimate of drug-likeness (QED) is 0.659. The van der Waals surface area contributed by atoms with E-state index in [2.05, 4.69) is 40.8 Å².